The molecule has 0 saturated heterocycles. The summed E-state index contributed by atoms with van der Waals surface area (Å²) in [5, 5.41) is 11.8. The van der Waals surface area contributed by atoms with E-state index in [1.165, 1.54) is 0 Å². The van der Waals surface area contributed by atoms with Gasteiger partial charge in [0.2, 0.25) is 5.91 Å². The molecule has 0 saturated carbocycles. The van der Waals surface area contributed by atoms with E-state index in [2.05, 4.69) is 5.32 Å². The van der Waals surface area contributed by atoms with Crippen LogP contribution >= 0.6 is 0 Å². The molecule has 1 unspecified atom stereocenters. The Morgan fingerprint density at radius 1 is 1.53 bits per heavy atom. The molecule has 0 bridgehead atoms. The van der Waals surface area contributed by atoms with Crippen LogP contribution in [0.5, 0.6) is 5.75 Å². The lowest BCUT2D eigenvalue weighted by molar-refractivity contribution is -0.121. The largest absolute Gasteiger partial charge is 0.495 e. The van der Waals surface area contributed by atoms with E-state index >= 15 is 0 Å². The zero-order valence-electron chi connectivity index (χ0n) is 10.5. The number of nitrogens with one attached hydrogen (secondary N) is 1. The first-order valence-corrected chi connectivity index (χ1v) is 5.68. The number of methoxy groups -OCH3 is 1. The number of anilines is 1. The molecule has 0 heterocycles. The second-order valence-electron chi connectivity index (χ2n) is 3.98. The van der Waals surface area contributed by atoms with Gasteiger partial charge in [-0.15, -0.1) is 0 Å². The smallest absolute Gasteiger partial charge is 0.229 e. The van der Waals surface area contributed by atoms with E-state index in [1.54, 1.807) is 7.11 Å². The molecule has 1 atom stereocenters. The third kappa shape index (κ3) is 3.46. The summed E-state index contributed by atoms with van der Waals surface area (Å²) in [6.45, 7) is 3.67. The summed E-state index contributed by atoms with van der Waals surface area (Å²) in [6.07, 6.45) is 0.608. The number of hydrogen-bond acceptors (Lipinski definition) is 3. The number of aryl methyl sites for hydroxylation is 1. The van der Waals surface area contributed by atoms with Crippen molar-refractivity contribution in [2.45, 2.75) is 20.3 Å². The van der Waals surface area contributed by atoms with Gasteiger partial charge in [0.05, 0.1) is 25.3 Å². The highest BCUT2D eigenvalue weighted by Crippen LogP contribution is 2.25. The molecule has 0 fully saturated rings. The number of rotatable bonds is 5. The van der Waals surface area contributed by atoms with Gasteiger partial charge in [-0.1, -0.05) is 13.0 Å². The number of aliphatic hydroxyl groups is 1. The van der Waals surface area contributed by atoms with Crippen LogP contribution in [0.15, 0.2) is 18.2 Å². The Balaban J connectivity index is 2.86. The maximum Gasteiger partial charge on any atom is 0.229 e. The second kappa shape index (κ2) is 6.25. The molecular weight excluding hydrogens is 218 g/mol. The highest BCUT2D eigenvalue weighted by atomic mass is 16.5. The highest BCUT2D eigenvalue weighted by molar-refractivity contribution is 5.94. The quantitative estimate of drug-likeness (QED) is 0.823. The van der Waals surface area contributed by atoms with Crippen LogP contribution in [0.25, 0.3) is 0 Å². The number of ether oxygens (including phenoxy) is 1. The van der Waals surface area contributed by atoms with Gasteiger partial charge >= 0.3 is 0 Å². The Kier molecular flexibility index (Phi) is 4.97. The van der Waals surface area contributed by atoms with E-state index in [1.807, 2.05) is 32.0 Å². The summed E-state index contributed by atoms with van der Waals surface area (Å²) < 4.78 is 5.17. The normalized spacial score (nSPS) is 12.0. The number of benzene rings is 1. The molecule has 4 heteroatoms. The average Bonchev–Trinajstić information content (AvgIpc) is 2.31. The molecular formula is C13H19NO3. The van der Waals surface area contributed by atoms with E-state index in [0.717, 1.165) is 5.56 Å². The minimum absolute atomic E-state index is 0.142. The number of hydrogen-bond donors (Lipinski definition) is 2. The minimum atomic E-state index is -0.375. The van der Waals surface area contributed by atoms with Crippen LogP contribution < -0.4 is 10.1 Å². The van der Waals surface area contributed by atoms with E-state index < -0.39 is 0 Å². The predicted octanol–water partition coefficient (Wildman–Crippen LogP) is 1.96. The summed E-state index contributed by atoms with van der Waals surface area (Å²) >= 11 is 0. The molecule has 94 valence electrons. The van der Waals surface area contributed by atoms with Crippen LogP contribution in [0.4, 0.5) is 5.69 Å². The third-order valence-electron chi connectivity index (χ3n) is 2.70. The Hall–Kier alpha value is -1.55. The lowest BCUT2D eigenvalue weighted by Crippen LogP contribution is -2.25. The van der Waals surface area contributed by atoms with Gasteiger partial charge in [0.15, 0.2) is 0 Å². The Labute approximate surface area is 102 Å². The van der Waals surface area contributed by atoms with E-state index in [0.29, 0.717) is 17.9 Å². The SMILES string of the molecule is CCC(CO)C(=O)Nc1cc(C)ccc1OC. The van der Waals surface area contributed by atoms with E-state index in [9.17, 15) is 4.79 Å². The standard InChI is InChI=1S/C13H19NO3/c1-4-10(8-15)13(16)14-11-7-9(2)5-6-12(11)17-3/h5-7,10,15H,4,8H2,1-3H3,(H,14,16). The van der Waals surface area contributed by atoms with Gasteiger partial charge in [-0.2, -0.15) is 0 Å². The van der Waals surface area contributed by atoms with Crippen molar-refractivity contribution in [2.24, 2.45) is 5.92 Å². The van der Waals surface area contributed by atoms with Crippen LogP contribution in [0, 0.1) is 12.8 Å². The van der Waals surface area contributed by atoms with Gasteiger partial charge in [-0.05, 0) is 31.0 Å². The van der Waals surface area contributed by atoms with Gasteiger partial charge in [0.1, 0.15) is 5.75 Å². The van der Waals surface area contributed by atoms with Crippen LogP contribution in [-0.2, 0) is 4.79 Å². The lowest BCUT2D eigenvalue weighted by Gasteiger charge is -2.15. The van der Waals surface area contributed by atoms with Gasteiger partial charge in [0.25, 0.3) is 0 Å². The van der Waals surface area contributed by atoms with Crippen molar-refractivity contribution in [3.05, 3.63) is 23.8 Å². The number of carbonyl (C=O) groups excluding carboxylic acids is 1. The molecule has 1 aromatic carbocycles. The zero-order valence-corrected chi connectivity index (χ0v) is 10.5. The molecule has 0 spiro atoms. The molecule has 4 nitrogen and oxygen atoms in total. The zero-order chi connectivity index (χ0) is 12.8. The topological polar surface area (TPSA) is 58.6 Å². The van der Waals surface area contributed by atoms with Gasteiger partial charge in [-0.3, -0.25) is 4.79 Å². The van der Waals surface area contributed by atoms with Gasteiger partial charge in [-0.25, -0.2) is 0 Å². The van der Waals surface area contributed by atoms with Crippen LogP contribution in [0.2, 0.25) is 0 Å². The van der Waals surface area contributed by atoms with Crippen molar-refractivity contribution < 1.29 is 14.6 Å². The van der Waals surface area contributed by atoms with Crippen LogP contribution in [-0.4, -0.2) is 24.7 Å². The lowest BCUT2D eigenvalue weighted by atomic mass is 10.1. The summed E-state index contributed by atoms with van der Waals surface area (Å²) in [4.78, 5) is 11.8. The Morgan fingerprint density at radius 3 is 2.76 bits per heavy atom. The first kappa shape index (κ1) is 13.5. The molecule has 1 rings (SSSR count). The van der Waals surface area contributed by atoms with Crippen molar-refractivity contribution in [3.63, 3.8) is 0 Å². The number of amides is 1. The van der Waals surface area contributed by atoms with E-state index in [4.69, 9.17) is 9.84 Å². The predicted molar refractivity (Wildman–Crippen MR) is 67.2 cm³/mol. The first-order chi connectivity index (χ1) is 8.12. The molecule has 2 N–H and O–H groups in total. The van der Waals surface area contributed by atoms with Crippen molar-refractivity contribution in [3.8, 4) is 5.75 Å². The molecule has 0 aliphatic carbocycles. The van der Waals surface area contributed by atoms with Crippen molar-refractivity contribution >= 4 is 11.6 Å². The van der Waals surface area contributed by atoms with Crippen LogP contribution in [0.1, 0.15) is 18.9 Å². The summed E-state index contributed by atoms with van der Waals surface area (Å²) in [7, 11) is 1.56. The molecule has 1 aromatic rings. The van der Waals surface area contributed by atoms with Crippen LogP contribution in [0.3, 0.4) is 0 Å². The first-order valence-electron chi connectivity index (χ1n) is 5.68. The molecule has 0 radical (unpaired) electrons. The van der Waals surface area contributed by atoms with Gasteiger partial charge in [0, 0.05) is 0 Å². The molecule has 1 amide bonds. The molecule has 17 heavy (non-hydrogen) atoms. The van der Waals surface area contributed by atoms with Crippen molar-refractivity contribution in [1.82, 2.24) is 0 Å². The number of aliphatic hydroxyl groups excluding tert-OH is 1. The Morgan fingerprint density at radius 2 is 2.24 bits per heavy atom. The fraction of sp³-hybridized carbons (Fsp3) is 0.462. The average molecular weight is 237 g/mol. The fourth-order valence-corrected chi connectivity index (χ4v) is 1.55. The van der Waals surface area contributed by atoms with Crippen molar-refractivity contribution in [1.29, 1.82) is 0 Å². The second-order valence-corrected chi connectivity index (χ2v) is 3.98. The minimum Gasteiger partial charge on any atom is -0.495 e. The number of carbonyl (C=O) groups is 1. The fourth-order valence-electron chi connectivity index (χ4n) is 1.55. The molecule has 0 aliphatic heterocycles. The third-order valence-corrected chi connectivity index (χ3v) is 2.70. The maximum absolute atomic E-state index is 11.8. The summed E-state index contributed by atoms with van der Waals surface area (Å²) in [5.41, 5.74) is 1.68. The van der Waals surface area contributed by atoms with Gasteiger partial charge < -0.3 is 15.2 Å². The Bertz CT molecular complexity index is 386. The monoisotopic (exact) mass is 237 g/mol. The van der Waals surface area contributed by atoms with E-state index in [-0.39, 0.29) is 18.4 Å². The summed E-state index contributed by atoms with van der Waals surface area (Å²) in [6, 6.07) is 5.57. The highest BCUT2D eigenvalue weighted by Gasteiger charge is 2.16. The van der Waals surface area contributed by atoms with Crippen molar-refractivity contribution in [2.75, 3.05) is 19.0 Å². The molecule has 0 aliphatic rings. The summed E-state index contributed by atoms with van der Waals surface area (Å²) in [5.74, 6) is 0.0656. The molecule has 0 aromatic heterocycles. The maximum atomic E-state index is 11.8.